The van der Waals surface area contributed by atoms with E-state index in [1.54, 1.807) is 7.05 Å². The Hall–Kier alpha value is -0.720. The third-order valence-corrected chi connectivity index (χ3v) is 2.69. The van der Waals surface area contributed by atoms with E-state index < -0.39 is 17.7 Å². The topological polar surface area (TPSA) is 41.5 Å². The monoisotopic (exact) mass is 295 g/mol. The quantitative estimate of drug-likeness (QED) is 0.835. The molecule has 0 bridgehead atoms. The van der Waals surface area contributed by atoms with Crippen LogP contribution in [-0.4, -0.2) is 25.8 Å². The van der Waals surface area contributed by atoms with Crippen LogP contribution in [0.2, 0.25) is 0 Å². The molecule has 2 N–H and O–H groups in total. The molecule has 3 nitrogen and oxygen atoms in total. The van der Waals surface area contributed by atoms with Gasteiger partial charge in [0.25, 0.3) is 0 Å². The number of likely N-dealkylation sites (N-methyl/N-ethyl adjacent to an activating group) is 1. The van der Waals surface area contributed by atoms with Crippen molar-refractivity contribution in [2.24, 2.45) is 0 Å². The first-order valence-corrected chi connectivity index (χ1v) is 5.36. The van der Waals surface area contributed by atoms with Gasteiger partial charge in [0, 0.05) is 12.1 Å². The number of ether oxygens (including phenoxy) is 1. The average molecular weight is 296 g/mol. The minimum Gasteiger partial charge on any atom is -0.492 e. The second kappa shape index (κ2) is 5.56. The molecule has 1 atom stereocenters. The van der Waals surface area contributed by atoms with Crippen LogP contribution in [0.4, 0.5) is 8.78 Å². The third-order valence-electron chi connectivity index (χ3n) is 2.11. The van der Waals surface area contributed by atoms with Crippen LogP contribution in [0.15, 0.2) is 10.5 Å². The Morgan fingerprint density at radius 3 is 2.62 bits per heavy atom. The summed E-state index contributed by atoms with van der Waals surface area (Å²) in [4.78, 5) is 0. The molecular formula is C10H12BrF2NO2. The summed E-state index contributed by atoms with van der Waals surface area (Å²) in [5, 5.41) is 12.3. The van der Waals surface area contributed by atoms with Crippen molar-refractivity contribution in [2.45, 2.75) is 6.10 Å². The molecule has 0 aliphatic heterocycles. The number of hydrogen-bond donors (Lipinski definition) is 2. The van der Waals surface area contributed by atoms with Crippen molar-refractivity contribution in [1.82, 2.24) is 5.32 Å². The summed E-state index contributed by atoms with van der Waals surface area (Å²) in [6.45, 7) is 0.134. The summed E-state index contributed by atoms with van der Waals surface area (Å²) in [6.07, 6.45) is -1.11. The first-order chi connectivity index (χ1) is 7.52. The second-order valence-electron chi connectivity index (χ2n) is 3.18. The molecule has 0 fully saturated rings. The van der Waals surface area contributed by atoms with Gasteiger partial charge in [0.1, 0.15) is 0 Å². The lowest BCUT2D eigenvalue weighted by Crippen LogP contribution is -2.18. The molecule has 16 heavy (non-hydrogen) atoms. The fraction of sp³-hybridized carbons (Fsp3) is 0.400. The van der Waals surface area contributed by atoms with Gasteiger partial charge >= 0.3 is 0 Å². The summed E-state index contributed by atoms with van der Waals surface area (Å²) >= 11 is 3.05. The van der Waals surface area contributed by atoms with Crippen LogP contribution in [0.5, 0.6) is 5.75 Å². The molecule has 90 valence electrons. The van der Waals surface area contributed by atoms with E-state index >= 15 is 0 Å². The van der Waals surface area contributed by atoms with Gasteiger partial charge in [0.05, 0.1) is 17.7 Å². The van der Waals surface area contributed by atoms with E-state index in [1.165, 1.54) is 13.2 Å². The number of rotatable bonds is 4. The maximum atomic E-state index is 13.5. The van der Waals surface area contributed by atoms with Crippen molar-refractivity contribution >= 4 is 15.9 Å². The van der Waals surface area contributed by atoms with Crippen molar-refractivity contribution in [2.75, 3.05) is 20.7 Å². The van der Waals surface area contributed by atoms with Crippen molar-refractivity contribution in [3.63, 3.8) is 0 Å². The smallest absolute Gasteiger partial charge is 0.202 e. The van der Waals surface area contributed by atoms with Gasteiger partial charge in [-0.15, -0.1) is 0 Å². The molecule has 1 unspecified atom stereocenters. The lowest BCUT2D eigenvalue weighted by atomic mass is 10.1. The van der Waals surface area contributed by atoms with E-state index in [0.29, 0.717) is 0 Å². The lowest BCUT2D eigenvalue weighted by molar-refractivity contribution is 0.171. The maximum absolute atomic E-state index is 13.5. The molecule has 0 heterocycles. The molecule has 0 amide bonds. The zero-order valence-electron chi connectivity index (χ0n) is 8.85. The van der Waals surface area contributed by atoms with Crippen LogP contribution >= 0.6 is 15.9 Å². The van der Waals surface area contributed by atoms with Gasteiger partial charge in [-0.2, -0.15) is 4.39 Å². The average Bonchev–Trinajstić information content (AvgIpc) is 2.24. The second-order valence-corrected chi connectivity index (χ2v) is 4.04. The standard InChI is InChI=1S/C10H12BrF2NO2/c1-14-4-7(15)5-3-6(11)10(16-2)9(13)8(5)12/h3,7,14-15H,4H2,1-2H3. The summed E-state index contributed by atoms with van der Waals surface area (Å²) in [5.74, 6) is -2.41. The van der Waals surface area contributed by atoms with Crippen molar-refractivity contribution < 1.29 is 18.6 Å². The Balaban J connectivity index is 3.22. The Morgan fingerprint density at radius 2 is 2.12 bits per heavy atom. The minimum absolute atomic E-state index is 0.112. The molecule has 0 spiro atoms. The minimum atomic E-state index is -1.11. The van der Waals surface area contributed by atoms with E-state index in [0.717, 1.165) is 0 Å². The molecule has 0 saturated carbocycles. The SMILES string of the molecule is CNCC(O)c1cc(Br)c(OC)c(F)c1F. The van der Waals surface area contributed by atoms with E-state index in [4.69, 9.17) is 4.74 Å². The van der Waals surface area contributed by atoms with E-state index in [1.807, 2.05) is 0 Å². The number of hydrogen-bond acceptors (Lipinski definition) is 3. The molecule has 0 radical (unpaired) electrons. The predicted octanol–water partition coefficient (Wildman–Crippen LogP) is 1.99. The van der Waals surface area contributed by atoms with Gasteiger partial charge in [0.15, 0.2) is 11.6 Å². The van der Waals surface area contributed by atoms with E-state index in [2.05, 4.69) is 21.2 Å². The fourth-order valence-corrected chi connectivity index (χ4v) is 1.91. The van der Waals surface area contributed by atoms with Gasteiger partial charge in [0.2, 0.25) is 5.82 Å². The molecule has 0 aliphatic carbocycles. The Labute approximate surface area is 101 Å². The molecule has 0 aliphatic rings. The summed E-state index contributed by atoms with van der Waals surface area (Å²) in [6, 6.07) is 1.30. The van der Waals surface area contributed by atoms with Gasteiger partial charge in [-0.25, -0.2) is 4.39 Å². The fourth-order valence-electron chi connectivity index (χ4n) is 1.33. The largest absolute Gasteiger partial charge is 0.492 e. The molecular weight excluding hydrogens is 284 g/mol. The molecule has 0 saturated heterocycles. The predicted molar refractivity (Wildman–Crippen MR) is 59.5 cm³/mol. The number of methoxy groups -OCH3 is 1. The van der Waals surface area contributed by atoms with Crippen LogP contribution in [0, 0.1) is 11.6 Å². The number of aliphatic hydroxyl groups is 1. The summed E-state index contributed by atoms with van der Waals surface area (Å²) in [5.41, 5.74) is -0.112. The van der Waals surface area contributed by atoms with E-state index in [-0.39, 0.29) is 22.3 Å². The lowest BCUT2D eigenvalue weighted by Gasteiger charge is -2.14. The Bertz CT molecular complexity index is 388. The van der Waals surface area contributed by atoms with E-state index in [9.17, 15) is 13.9 Å². The highest BCUT2D eigenvalue weighted by molar-refractivity contribution is 9.10. The Kier molecular flexibility index (Phi) is 4.64. The van der Waals surface area contributed by atoms with Crippen molar-refractivity contribution in [3.05, 3.63) is 27.7 Å². The van der Waals surface area contributed by atoms with Crippen LogP contribution in [0.3, 0.4) is 0 Å². The summed E-state index contributed by atoms with van der Waals surface area (Å²) in [7, 11) is 2.85. The first kappa shape index (κ1) is 13.3. The van der Waals surface area contributed by atoms with Crippen LogP contribution in [0.25, 0.3) is 0 Å². The number of nitrogens with one attached hydrogen (secondary N) is 1. The maximum Gasteiger partial charge on any atom is 0.202 e. The molecule has 1 rings (SSSR count). The van der Waals surface area contributed by atoms with Gasteiger partial charge in [-0.05, 0) is 29.0 Å². The van der Waals surface area contributed by atoms with Crippen LogP contribution in [-0.2, 0) is 0 Å². The molecule has 6 heteroatoms. The van der Waals surface area contributed by atoms with Gasteiger partial charge < -0.3 is 15.2 Å². The first-order valence-electron chi connectivity index (χ1n) is 4.57. The van der Waals surface area contributed by atoms with Crippen molar-refractivity contribution in [1.29, 1.82) is 0 Å². The van der Waals surface area contributed by atoms with Gasteiger partial charge in [-0.3, -0.25) is 0 Å². The summed E-state index contributed by atoms with van der Waals surface area (Å²) < 4.78 is 32.0. The Morgan fingerprint density at radius 1 is 1.50 bits per heavy atom. The third kappa shape index (κ3) is 2.50. The number of benzene rings is 1. The number of aliphatic hydroxyl groups excluding tert-OH is 1. The highest BCUT2D eigenvalue weighted by Gasteiger charge is 2.21. The zero-order valence-corrected chi connectivity index (χ0v) is 10.4. The molecule has 1 aromatic rings. The zero-order chi connectivity index (χ0) is 12.3. The highest BCUT2D eigenvalue weighted by atomic mass is 79.9. The molecule has 0 aromatic heterocycles. The highest BCUT2D eigenvalue weighted by Crippen LogP contribution is 2.33. The normalized spacial score (nSPS) is 12.6. The molecule has 1 aromatic carbocycles. The van der Waals surface area contributed by atoms with Gasteiger partial charge in [-0.1, -0.05) is 0 Å². The van der Waals surface area contributed by atoms with Crippen molar-refractivity contribution in [3.8, 4) is 5.75 Å². The van der Waals surface area contributed by atoms with Crippen LogP contribution < -0.4 is 10.1 Å². The van der Waals surface area contributed by atoms with Crippen LogP contribution in [0.1, 0.15) is 11.7 Å². The number of halogens is 3.